The summed E-state index contributed by atoms with van der Waals surface area (Å²) in [6, 6.07) is 6.46. The average molecular weight is 485 g/mol. The standard InChI is InChI=1S/C23H30F2N10/c1-14(2)32-33-22(31-27)17-9-16(21(24)25)10-19(11-17)30-23-20-15(3-8-35(20)29-13-28-23)12-34-6-4-18(26)5-7-34/h3,8-11,13-14,18,21H,4-7,12,26-27H2,1-2H3,(H,28,29,30). The zero-order chi connectivity index (χ0) is 24.9. The lowest BCUT2D eigenvalue weighted by Gasteiger charge is -2.29. The first-order valence-corrected chi connectivity index (χ1v) is 11.5. The van der Waals surface area contributed by atoms with Crippen LogP contribution in [-0.2, 0) is 6.54 Å². The topological polar surface area (TPSA) is 135 Å². The molecule has 10 nitrogen and oxygen atoms in total. The third kappa shape index (κ3) is 5.95. The number of nitrogens with one attached hydrogen (secondary N) is 1. The number of amidine groups is 1. The van der Waals surface area contributed by atoms with Gasteiger partial charge in [0.1, 0.15) is 11.8 Å². The Morgan fingerprint density at radius 2 is 2.00 bits per heavy atom. The van der Waals surface area contributed by atoms with Crippen molar-refractivity contribution in [3.8, 4) is 0 Å². The molecule has 0 saturated carbocycles. The molecule has 12 heteroatoms. The van der Waals surface area contributed by atoms with Gasteiger partial charge in [0, 0.05) is 35.6 Å². The number of aromatic nitrogens is 3. The van der Waals surface area contributed by atoms with Gasteiger partial charge in [0.15, 0.2) is 11.7 Å². The van der Waals surface area contributed by atoms with Crippen molar-refractivity contribution < 1.29 is 8.78 Å². The van der Waals surface area contributed by atoms with Crippen LogP contribution >= 0.6 is 0 Å². The Hall–Kier alpha value is -3.51. The van der Waals surface area contributed by atoms with Crippen LogP contribution in [0.3, 0.4) is 0 Å². The summed E-state index contributed by atoms with van der Waals surface area (Å²) in [5, 5.41) is 19.2. The lowest BCUT2D eigenvalue weighted by Crippen LogP contribution is -2.39. The number of fused-ring (bicyclic) bond motifs is 1. The average Bonchev–Trinajstić information content (AvgIpc) is 3.24. The van der Waals surface area contributed by atoms with Gasteiger partial charge >= 0.3 is 0 Å². The molecule has 1 aliphatic heterocycles. The van der Waals surface area contributed by atoms with Crippen LogP contribution in [0.15, 0.2) is 52.1 Å². The lowest BCUT2D eigenvalue weighted by molar-refractivity contribution is 0.151. The molecule has 1 saturated heterocycles. The van der Waals surface area contributed by atoms with Crippen molar-refractivity contribution in [3.63, 3.8) is 0 Å². The van der Waals surface area contributed by atoms with E-state index < -0.39 is 6.43 Å². The molecular weight excluding hydrogens is 454 g/mol. The number of nitrogens with zero attached hydrogens (tertiary/aromatic N) is 7. The van der Waals surface area contributed by atoms with Gasteiger partial charge in [-0.3, -0.25) is 4.90 Å². The molecule has 0 spiro atoms. The number of rotatable bonds is 7. The molecule has 186 valence electrons. The number of likely N-dealkylation sites (tertiary alicyclic amines) is 1. The molecule has 5 N–H and O–H groups in total. The van der Waals surface area contributed by atoms with E-state index >= 15 is 0 Å². The van der Waals surface area contributed by atoms with Crippen LogP contribution in [-0.4, -0.2) is 50.5 Å². The summed E-state index contributed by atoms with van der Waals surface area (Å²) in [6.45, 7) is 6.23. The summed E-state index contributed by atoms with van der Waals surface area (Å²) in [6.07, 6.45) is 2.49. The highest BCUT2D eigenvalue weighted by atomic mass is 19.3. The van der Waals surface area contributed by atoms with Gasteiger partial charge in [0.05, 0.1) is 6.04 Å². The fourth-order valence-electron chi connectivity index (χ4n) is 4.03. The van der Waals surface area contributed by atoms with Crippen LogP contribution in [0, 0.1) is 0 Å². The molecule has 1 aromatic carbocycles. The Morgan fingerprint density at radius 1 is 1.23 bits per heavy atom. The Morgan fingerprint density at radius 3 is 2.69 bits per heavy atom. The van der Waals surface area contributed by atoms with Crippen molar-refractivity contribution in [2.45, 2.75) is 51.7 Å². The van der Waals surface area contributed by atoms with Crippen LogP contribution in [0.1, 0.15) is 49.8 Å². The summed E-state index contributed by atoms with van der Waals surface area (Å²) in [5.74, 6) is 6.05. The van der Waals surface area contributed by atoms with E-state index in [9.17, 15) is 8.78 Å². The lowest BCUT2D eigenvalue weighted by atomic mass is 10.1. The van der Waals surface area contributed by atoms with Gasteiger partial charge in [-0.2, -0.15) is 15.3 Å². The van der Waals surface area contributed by atoms with Crippen molar-refractivity contribution in [2.75, 3.05) is 18.4 Å². The molecule has 0 atom stereocenters. The Labute approximate surface area is 202 Å². The Bertz CT molecular complexity index is 1210. The number of piperidine rings is 1. The maximum absolute atomic E-state index is 13.7. The zero-order valence-electron chi connectivity index (χ0n) is 19.8. The molecule has 1 aliphatic rings. The number of azo groups is 1. The van der Waals surface area contributed by atoms with E-state index in [0.29, 0.717) is 23.6 Å². The number of anilines is 2. The van der Waals surface area contributed by atoms with Crippen molar-refractivity contribution in [1.82, 2.24) is 19.5 Å². The quantitative estimate of drug-likeness (QED) is 0.153. The number of hydrogen-bond acceptors (Lipinski definition) is 8. The van der Waals surface area contributed by atoms with Crippen molar-refractivity contribution in [1.29, 1.82) is 0 Å². The largest absolute Gasteiger partial charge is 0.338 e. The molecule has 0 radical (unpaired) electrons. The summed E-state index contributed by atoms with van der Waals surface area (Å²) in [5.41, 5.74) is 8.37. The first-order valence-electron chi connectivity index (χ1n) is 11.5. The summed E-state index contributed by atoms with van der Waals surface area (Å²) in [4.78, 5) is 6.74. The maximum atomic E-state index is 13.7. The fraction of sp³-hybridized carbons (Fsp3) is 0.435. The summed E-state index contributed by atoms with van der Waals surface area (Å²) >= 11 is 0. The molecule has 0 aliphatic carbocycles. The van der Waals surface area contributed by atoms with Gasteiger partial charge in [0.25, 0.3) is 6.43 Å². The second kappa shape index (κ2) is 10.8. The molecule has 0 amide bonds. The van der Waals surface area contributed by atoms with Crippen LogP contribution in [0.25, 0.3) is 5.52 Å². The van der Waals surface area contributed by atoms with E-state index in [-0.39, 0.29) is 23.5 Å². The number of halogens is 2. The van der Waals surface area contributed by atoms with Gasteiger partial charge in [-0.05, 0) is 69.6 Å². The highest BCUT2D eigenvalue weighted by Gasteiger charge is 2.20. The normalized spacial score (nSPS) is 16.3. The van der Waals surface area contributed by atoms with Gasteiger partial charge in [-0.1, -0.05) is 0 Å². The van der Waals surface area contributed by atoms with Gasteiger partial charge in [-0.25, -0.2) is 18.3 Å². The first kappa shape index (κ1) is 24.6. The van der Waals surface area contributed by atoms with Crippen molar-refractivity contribution >= 4 is 22.9 Å². The molecule has 2 aromatic heterocycles. The summed E-state index contributed by atoms with van der Waals surface area (Å²) in [7, 11) is 0. The fourth-order valence-corrected chi connectivity index (χ4v) is 4.03. The Kier molecular flexibility index (Phi) is 7.61. The monoisotopic (exact) mass is 484 g/mol. The predicted molar refractivity (Wildman–Crippen MR) is 131 cm³/mol. The highest BCUT2D eigenvalue weighted by Crippen LogP contribution is 2.29. The second-order valence-corrected chi connectivity index (χ2v) is 8.89. The van der Waals surface area contributed by atoms with E-state index in [1.165, 1.54) is 18.5 Å². The van der Waals surface area contributed by atoms with Gasteiger partial charge in [0.2, 0.25) is 0 Å². The molecular formula is C23H30F2N10. The van der Waals surface area contributed by atoms with Crippen molar-refractivity contribution in [3.05, 3.63) is 53.5 Å². The van der Waals surface area contributed by atoms with Crippen molar-refractivity contribution in [2.24, 2.45) is 26.9 Å². The number of alkyl halides is 2. The number of hydrogen-bond donors (Lipinski definition) is 3. The smallest absolute Gasteiger partial charge is 0.263 e. The maximum Gasteiger partial charge on any atom is 0.263 e. The number of nitrogens with two attached hydrogens (primary N) is 2. The first-order chi connectivity index (χ1) is 16.8. The molecule has 3 heterocycles. The van der Waals surface area contributed by atoms with E-state index in [1.54, 1.807) is 10.6 Å². The van der Waals surface area contributed by atoms with E-state index in [2.05, 4.69) is 35.6 Å². The molecule has 0 unspecified atom stereocenters. The molecule has 1 fully saturated rings. The van der Waals surface area contributed by atoms with Crippen LogP contribution in [0.5, 0.6) is 0 Å². The molecule has 3 aromatic rings. The highest BCUT2D eigenvalue weighted by molar-refractivity contribution is 6.00. The summed E-state index contributed by atoms with van der Waals surface area (Å²) < 4.78 is 29.1. The predicted octanol–water partition coefficient (Wildman–Crippen LogP) is 3.81. The minimum absolute atomic E-state index is 0.0590. The minimum atomic E-state index is -2.70. The second-order valence-electron chi connectivity index (χ2n) is 8.89. The van der Waals surface area contributed by atoms with Gasteiger partial charge in [-0.15, -0.1) is 5.11 Å². The Balaban J connectivity index is 1.67. The third-order valence-electron chi connectivity index (χ3n) is 5.80. The van der Waals surface area contributed by atoms with Gasteiger partial charge < -0.3 is 16.9 Å². The zero-order valence-corrected chi connectivity index (χ0v) is 19.8. The SMILES string of the molecule is CC(C)N=NC(=NN)c1cc(Nc2ncnn3ccc(CN4CCC(N)CC4)c23)cc(C(F)F)c1. The van der Waals surface area contributed by atoms with E-state index in [0.717, 1.165) is 37.0 Å². The minimum Gasteiger partial charge on any atom is -0.338 e. The molecule has 35 heavy (non-hydrogen) atoms. The van der Waals surface area contributed by atoms with Crippen LogP contribution in [0.2, 0.25) is 0 Å². The number of hydrazone groups is 1. The van der Waals surface area contributed by atoms with E-state index in [4.69, 9.17) is 11.6 Å². The van der Waals surface area contributed by atoms with Crippen LogP contribution < -0.4 is 16.9 Å². The van der Waals surface area contributed by atoms with E-state index in [1.807, 2.05) is 26.1 Å². The third-order valence-corrected chi connectivity index (χ3v) is 5.80. The number of benzene rings is 1. The molecule has 4 rings (SSSR count). The molecule has 0 bridgehead atoms. The van der Waals surface area contributed by atoms with Crippen LogP contribution in [0.4, 0.5) is 20.3 Å².